The van der Waals surface area contributed by atoms with Crippen molar-refractivity contribution in [1.82, 2.24) is 0 Å². The van der Waals surface area contributed by atoms with Crippen LogP contribution >= 0.6 is 0 Å². The highest BCUT2D eigenvalue weighted by molar-refractivity contribution is 6.15. The van der Waals surface area contributed by atoms with Crippen LogP contribution < -0.4 is 18.9 Å². The molecular formula is C18H18O5. The van der Waals surface area contributed by atoms with Gasteiger partial charge < -0.3 is 18.9 Å². The number of hydrogen-bond donors (Lipinski definition) is 0. The Morgan fingerprint density at radius 1 is 0.783 bits per heavy atom. The molecule has 0 bridgehead atoms. The molecule has 23 heavy (non-hydrogen) atoms. The normalized spacial score (nSPS) is 12.3. The third-order valence-electron chi connectivity index (χ3n) is 4.09. The van der Waals surface area contributed by atoms with Gasteiger partial charge >= 0.3 is 0 Å². The Morgan fingerprint density at radius 3 is 1.96 bits per heavy atom. The third kappa shape index (κ3) is 2.11. The number of ketones is 1. The molecule has 5 nitrogen and oxygen atoms in total. The summed E-state index contributed by atoms with van der Waals surface area (Å²) in [5.74, 6) is 1.57. The van der Waals surface area contributed by atoms with Gasteiger partial charge in [-0.15, -0.1) is 0 Å². The van der Waals surface area contributed by atoms with Gasteiger partial charge in [-0.25, -0.2) is 0 Å². The van der Waals surface area contributed by atoms with Crippen LogP contribution in [0.1, 0.15) is 27.0 Å². The molecule has 3 rings (SSSR count). The molecule has 0 aliphatic heterocycles. The Morgan fingerprint density at radius 2 is 1.35 bits per heavy atom. The lowest BCUT2D eigenvalue weighted by Crippen LogP contribution is -2.18. The summed E-state index contributed by atoms with van der Waals surface area (Å²) >= 11 is 0. The van der Waals surface area contributed by atoms with Gasteiger partial charge in [-0.05, 0) is 5.56 Å². The smallest absolute Gasteiger partial charge is 0.208 e. The molecule has 1 aliphatic carbocycles. The molecule has 0 saturated carbocycles. The van der Waals surface area contributed by atoms with E-state index in [1.54, 1.807) is 7.11 Å². The first-order valence-electron chi connectivity index (χ1n) is 7.19. The van der Waals surface area contributed by atoms with Gasteiger partial charge in [0.15, 0.2) is 17.3 Å². The number of methoxy groups -OCH3 is 4. The number of fused-ring (bicyclic) bond motifs is 2. The van der Waals surface area contributed by atoms with Gasteiger partial charge in [0.05, 0.1) is 34.0 Å². The quantitative estimate of drug-likeness (QED) is 0.741. The lowest BCUT2D eigenvalue weighted by Gasteiger charge is -2.26. The van der Waals surface area contributed by atoms with Crippen molar-refractivity contribution < 1.29 is 23.7 Å². The molecule has 0 spiro atoms. The van der Waals surface area contributed by atoms with Crippen LogP contribution in [0.25, 0.3) is 0 Å². The SMILES string of the molecule is COc1c2c(c(OC)c(OC)c1OC)C(=O)c1ccccc1C2. The Balaban J connectivity index is 2.38. The summed E-state index contributed by atoms with van der Waals surface area (Å²) in [4.78, 5) is 13.0. The van der Waals surface area contributed by atoms with E-state index in [4.69, 9.17) is 18.9 Å². The first-order valence-corrected chi connectivity index (χ1v) is 7.19. The number of ether oxygens (including phenoxy) is 4. The van der Waals surface area contributed by atoms with E-state index in [1.165, 1.54) is 21.3 Å². The maximum absolute atomic E-state index is 13.0. The number of benzene rings is 2. The van der Waals surface area contributed by atoms with Crippen molar-refractivity contribution in [3.8, 4) is 23.0 Å². The number of rotatable bonds is 4. The van der Waals surface area contributed by atoms with Gasteiger partial charge in [0.1, 0.15) is 0 Å². The van der Waals surface area contributed by atoms with E-state index >= 15 is 0 Å². The average Bonchev–Trinajstić information content (AvgIpc) is 2.59. The zero-order valence-electron chi connectivity index (χ0n) is 13.6. The molecule has 0 radical (unpaired) electrons. The van der Waals surface area contributed by atoms with Gasteiger partial charge in [0.25, 0.3) is 0 Å². The first kappa shape index (κ1) is 15.2. The topological polar surface area (TPSA) is 54.0 Å². The van der Waals surface area contributed by atoms with Crippen molar-refractivity contribution in [3.63, 3.8) is 0 Å². The van der Waals surface area contributed by atoms with Gasteiger partial charge in [-0.2, -0.15) is 0 Å². The van der Waals surface area contributed by atoms with Crippen molar-refractivity contribution in [2.24, 2.45) is 0 Å². The second kappa shape index (κ2) is 5.83. The Bertz CT molecular complexity index is 779. The van der Waals surface area contributed by atoms with Crippen LogP contribution in [0.15, 0.2) is 24.3 Å². The Hall–Kier alpha value is -2.69. The summed E-state index contributed by atoms with van der Waals surface area (Å²) in [6.45, 7) is 0. The zero-order valence-corrected chi connectivity index (χ0v) is 13.6. The monoisotopic (exact) mass is 314 g/mol. The molecule has 0 heterocycles. The molecular weight excluding hydrogens is 296 g/mol. The molecule has 0 unspecified atom stereocenters. The largest absolute Gasteiger partial charge is 0.492 e. The van der Waals surface area contributed by atoms with Gasteiger partial charge in [0, 0.05) is 17.5 Å². The van der Waals surface area contributed by atoms with Crippen LogP contribution in [-0.2, 0) is 6.42 Å². The average molecular weight is 314 g/mol. The lowest BCUT2D eigenvalue weighted by atomic mass is 9.83. The summed E-state index contributed by atoms with van der Waals surface area (Å²) in [5, 5.41) is 0. The highest BCUT2D eigenvalue weighted by atomic mass is 16.5. The van der Waals surface area contributed by atoms with Crippen LogP contribution in [0, 0.1) is 0 Å². The minimum atomic E-state index is -0.0991. The second-order valence-electron chi connectivity index (χ2n) is 5.15. The van der Waals surface area contributed by atoms with Crippen molar-refractivity contribution in [2.75, 3.05) is 28.4 Å². The molecule has 0 N–H and O–H groups in total. The molecule has 0 fully saturated rings. The zero-order chi connectivity index (χ0) is 16.6. The highest BCUT2D eigenvalue weighted by Crippen LogP contribution is 2.52. The van der Waals surface area contributed by atoms with E-state index in [9.17, 15) is 4.79 Å². The molecule has 0 amide bonds. The Labute approximate surface area is 134 Å². The molecule has 120 valence electrons. The first-order chi connectivity index (χ1) is 11.2. The summed E-state index contributed by atoms with van der Waals surface area (Å²) in [5.41, 5.74) is 2.86. The van der Waals surface area contributed by atoms with Crippen LogP contribution in [-0.4, -0.2) is 34.2 Å². The van der Waals surface area contributed by atoms with E-state index in [-0.39, 0.29) is 5.78 Å². The summed E-state index contributed by atoms with van der Waals surface area (Å²) in [7, 11) is 6.10. The van der Waals surface area contributed by atoms with Crippen molar-refractivity contribution >= 4 is 5.78 Å². The lowest BCUT2D eigenvalue weighted by molar-refractivity contribution is 0.103. The standard InChI is InChI=1S/C18H18O5/c1-20-15-12-9-10-7-5-6-8-11(10)14(19)13(12)16(21-2)18(23-4)17(15)22-3/h5-8H,9H2,1-4H3. The molecule has 0 atom stereocenters. The fourth-order valence-corrected chi connectivity index (χ4v) is 3.12. The van der Waals surface area contributed by atoms with Crippen LogP contribution in [0.3, 0.4) is 0 Å². The number of carbonyl (C=O) groups is 1. The Kier molecular flexibility index (Phi) is 3.86. The van der Waals surface area contributed by atoms with Crippen molar-refractivity contribution in [1.29, 1.82) is 0 Å². The van der Waals surface area contributed by atoms with E-state index in [1.807, 2.05) is 24.3 Å². The minimum absolute atomic E-state index is 0.0991. The minimum Gasteiger partial charge on any atom is -0.492 e. The maximum Gasteiger partial charge on any atom is 0.208 e. The van der Waals surface area contributed by atoms with Gasteiger partial charge in [-0.3, -0.25) is 4.79 Å². The predicted octanol–water partition coefficient (Wildman–Crippen LogP) is 2.86. The summed E-state index contributed by atoms with van der Waals surface area (Å²) < 4.78 is 21.9. The summed E-state index contributed by atoms with van der Waals surface area (Å²) in [6, 6.07) is 7.54. The van der Waals surface area contributed by atoms with Crippen molar-refractivity contribution in [3.05, 3.63) is 46.5 Å². The molecule has 0 aromatic heterocycles. The number of carbonyl (C=O) groups excluding carboxylic acids is 1. The van der Waals surface area contributed by atoms with Crippen molar-refractivity contribution in [2.45, 2.75) is 6.42 Å². The third-order valence-corrected chi connectivity index (χ3v) is 4.09. The second-order valence-corrected chi connectivity index (χ2v) is 5.15. The van der Waals surface area contributed by atoms with Gasteiger partial charge in [0.2, 0.25) is 11.5 Å². The fourth-order valence-electron chi connectivity index (χ4n) is 3.12. The highest BCUT2D eigenvalue weighted by Gasteiger charge is 2.35. The molecule has 1 aliphatic rings. The van der Waals surface area contributed by atoms with E-state index in [2.05, 4.69) is 0 Å². The van der Waals surface area contributed by atoms with E-state index < -0.39 is 0 Å². The molecule has 2 aromatic carbocycles. The van der Waals surface area contributed by atoms with Crippen LogP contribution in [0.5, 0.6) is 23.0 Å². The fraction of sp³-hybridized carbons (Fsp3) is 0.278. The van der Waals surface area contributed by atoms with Crippen LogP contribution in [0.2, 0.25) is 0 Å². The molecule has 5 heteroatoms. The summed E-state index contributed by atoms with van der Waals surface area (Å²) in [6.07, 6.45) is 0.567. The van der Waals surface area contributed by atoms with Gasteiger partial charge in [-0.1, -0.05) is 24.3 Å². The number of hydrogen-bond acceptors (Lipinski definition) is 5. The maximum atomic E-state index is 13.0. The van der Waals surface area contributed by atoms with Crippen LogP contribution in [0.4, 0.5) is 0 Å². The molecule has 2 aromatic rings. The van der Waals surface area contributed by atoms with E-state index in [0.29, 0.717) is 40.5 Å². The van der Waals surface area contributed by atoms with E-state index in [0.717, 1.165) is 11.1 Å². The molecule has 0 saturated heterocycles. The predicted molar refractivity (Wildman–Crippen MR) is 85.3 cm³/mol.